The number of fused-ring (bicyclic) bond motifs is 3. The number of H-pyrrole nitrogens is 2. The van der Waals surface area contributed by atoms with Crippen LogP contribution in [0.3, 0.4) is 0 Å². The molecule has 1 saturated heterocycles. The number of nitrogens with one attached hydrogen (secondary N) is 2. The van der Waals surface area contributed by atoms with Gasteiger partial charge in [-0.05, 0) is 41.8 Å². The maximum Gasteiger partial charge on any atom is 0.335 e. The van der Waals surface area contributed by atoms with Crippen molar-refractivity contribution in [2.45, 2.75) is 30.6 Å². The zero-order valence-corrected chi connectivity index (χ0v) is 19.2. The second kappa shape index (κ2) is 8.99. The van der Waals surface area contributed by atoms with Crippen molar-refractivity contribution in [1.29, 1.82) is 0 Å². The maximum absolute atomic E-state index is 14.3. The summed E-state index contributed by atoms with van der Waals surface area (Å²) < 4.78 is 30.6. The number of ether oxygens (including phenoxy) is 3. The summed E-state index contributed by atoms with van der Waals surface area (Å²) >= 11 is 0. The highest BCUT2D eigenvalue weighted by Crippen LogP contribution is 2.46. The summed E-state index contributed by atoms with van der Waals surface area (Å²) in [4.78, 5) is 13.1. The number of hydrogen-bond donors (Lipinski definition) is 6. The number of anilines is 2. The van der Waals surface area contributed by atoms with Gasteiger partial charge in [0.1, 0.15) is 29.9 Å². The predicted molar refractivity (Wildman–Crippen MR) is 125 cm³/mol. The molecule has 2 aliphatic heterocycles. The third-order valence-electron chi connectivity index (χ3n) is 6.37. The Morgan fingerprint density at radius 1 is 1.00 bits per heavy atom. The minimum Gasteiger partial charge on any atom is -0.493 e. The molecule has 190 valence electrons. The number of aromatic amines is 2. The van der Waals surface area contributed by atoms with Crippen molar-refractivity contribution in [1.82, 2.24) is 10.2 Å². The molecule has 0 amide bonds. The van der Waals surface area contributed by atoms with Gasteiger partial charge in [0.15, 0.2) is 23.8 Å². The molecule has 6 N–H and O–H groups in total. The monoisotopic (exact) mass is 501 g/mol. The van der Waals surface area contributed by atoms with Crippen LogP contribution in [0.1, 0.15) is 0 Å². The van der Waals surface area contributed by atoms with E-state index in [1.807, 2.05) is 6.07 Å². The van der Waals surface area contributed by atoms with E-state index < -0.39 is 42.4 Å². The van der Waals surface area contributed by atoms with Gasteiger partial charge in [0, 0.05) is 16.6 Å². The Balaban J connectivity index is 1.68. The van der Waals surface area contributed by atoms with Gasteiger partial charge in [-0.1, -0.05) is 6.07 Å². The molecular weight excluding hydrogens is 477 g/mol. The van der Waals surface area contributed by atoms with Gasteiger partial charge < -0.3 is 34.6 Å². The lowest BCUT2D eigenvalue weighted by atomic mass is 9.97. The molecular formula is C24H24FN3O8. The van der Waals surface area contributed by atoms with Crippen LogP contribution in [0.15, 0.2) is 42.5 Å². The molecule has 12 heteroatoms. The second-order valence-corrected chi connectivity index (χ2v) is 8.43. The van der Waals surface area contributed by atoms with Crippen molar-refractivity contribution in [3.05, 3.63) is 48.3 Å². The first kappa shape index (κ1) is 23.9. The number of hydrogen-bond acceptors (Lipinski definition) is 8. The normalized spacial score (nSPS) is 24.2. The van der Waals surface area contributed by atoms with Crippen LogP contribution in [0.25, 0.3) is 22.0 Å². The number of aliphatic carboxylic acids is 1. The summed E-state index contributed by atoms with van der Waals surface area (Å²) in [6.45, 7) is 0. The van der Waals surface area contributed by atoms with Crippen molar-refractivity contribution in [3.8, 4) is 22.8 Å². The van der Waals surface area contributed by atoms with Gasteiger partial charge >= 0.3 is 5.97 Å². The maximum atomic E-state index is 14.3. The number of aliphatic hydroxyl groups is 3. The van der Waals surface area contributed by atoms with Crippen LogP contribution < -0.4 is 14.4 Å². The molecule has 0 saturated carbocycles. The number of benzene rings is 2. The number of aliphatic hydroxyl groups excluding tert-OH is 3. The van der Waals surface area contributed by atoms with Crippen LogP contribution in [0, 0.1) is 5.82 Å². The fourth-order valence-electron chi connectivity index (χ4n) is 4.61. The quantitative estimate of drug-likeness (QED) is 0.231. The molecule has 2 aromatic rings. The SMILES string of the molecule is COc1cc2cc3c(N(c4cccc(F)c4)[C@@H]4O[C@H](C(=O)O)[C@@H](O)[C@H](O)[C@H]4O)[nH][nH]c-3c2cc1OC. The molecule has 0 unspecified atom stereocenters. The summed E-state index contributed by atoms with van der Waals surface area (Å²) in [7, 11) is 3.03. The number of carbonyl (C=O) groups is 1. The van der Waals surface area contributed by atoms with Gasteiger partial charge in [0.05, 0.1) is 19.9 Å². The van der Waals surface area contributed by atoms with Gasteiger partial charge in [-0.2, -0.15) is 0 Å². The van der Waals surface area contributed by atoms with Crippen molar-refractivity contribution in [3.63, 3.8) is 0 Å². The van der Waals surface area contributed by atoms with Crippen molar-refractivity contribution in [2.75, 3.05) is 19.1 Å². The van der Waals surface area contributed by atoms with Crippen LogP contribution >= 0.6 is 0 Å². The van der Waals surface area contributed by atoms with Gasteiger partial charge in [-0.25, -0.2) is 9.18 Å². The topological polar surface area (TPSA) is 160 Å². The Hall–Kier alpha value is -3.84. The van der Waals surface area contributed by atoms with Gasteiger partial charge in [0.25, 0.3) is 0 Å². The lowest BCUT2D eigenvalue weighted by Crippen LogP contribution is -2.63. The summed E-state index contributed by atoms with van der Waals surface area (Å²) in [5.74, 6) is -0.812. The van der Waals surface area contributed by atoms with Crippen LogP contribution in [-0.2, 0) is 9.53 Å². The van der Waals surface area contributed by atoms with E-state index in [0.717, 1.165) is 10.8 Å². The average Bonchev–Trinajstić information content (AvgIpc) is 3.42. The minimum atomic E-state index is -1.88. The zero-order chi connectivity index (χ0) is 25.7. The number of halogens is 1. The Morgan fingerprint density at radius 3 is 2.39 bits per heavy atom. The van der Waals surface area contributed by atoms with Gasteiger partial charge in [-0.3, -0.25) is 15.1 Å². The summed E-state index contributed by atoms with van der Waals surface area (Å²) in [6.07, 6.45) is -8.82. The highest BCUT2D eigenvalue weighted by atomic mass is 19.1. The molecule has 0 bridgehead atoms. The first-order chi connectivity index (χ1) is 17.2. The molecule has 0 aromatic heterocycles. The molecule has 2 heterocycles. The van der Waals surface area contributed by atoms with E-state index in [-0.39, 0.29) is 5.69 Å². The van der Waals surface area contributed by atoms with E-state index in [1.54, 1.807) is 12.1 Å². The number of rotatable bonds is 6. The van der Waals surface area contributed by atoms with E-state index in [9.17, 15) is 29.6 Å². The highest BCUT2D eigenvalue weighted by Gasteiger charge is 2.50. The number of methoxy groups -OCH3 is 2. The van der Waals surface area contributed by atoms with Gasteiger partial charge in [0.2, 0.25) is 0 Å². The fraction of sp³-hybridized carbons (Fsp3) is 0.292. The van der Waals surface area contributed by atoms with E-state index in [4.69, 9.17) is 14.2 Å². The summed E-state index contributed by atoms with van der Waals surface area (Å²) in [5, 5.41) is 48.5. The zero-order valence-electron chi connectivity index (χ0n) is 19.2. The third-order valence-corrected chi connectivity index (χ3v) is 6.37. The number of carboxylic acids is 1. The predicted octanol–water partition coefficient (Wildman–Crippen LogP) is 1.79. The standard InChI is InChI=1S/C24H24FN3O8/c1-34-15-7-10-6-14-17(13(10)9-16(15)35-2)26-27-22(14)28(12-5-3-4-11(25)8-12)23-20(31)18(29)19(30)21(36-23)24(32)33/h3-9,18-21,23,26-27,29-31H,1-2H3,(H,32,33)/t18-,19-,20+,21-,23+/m0/s1. The Labute approximate surface area is 203 Å². The van der Waals surface area contributed by atoms with E-state index in [2.05, 4.69) is 10.2 Å². The van der Waals surface area contributed by atoms with E-state index in [0.29, 0.717) is 28.6 Å². The average molecular weight is 501 g/mol. The van der Waals surface area contributed by atoms with Crippen molar-refractivity contribution in [2.24, 2.45) is 0 Å². The Kier molecular flexibility index (Phi) is 5.96. The lowest BCUT2D eigenvalue weighted by Gasteiger charge is -2.44. The molecule has 1 aliphatic carbocycles. The summed E-state index contributed by atoms with van der Waals surface area (Å²) in [5.41, 5.74) is 1.43. The molecule has 1 fully saturated rings. The smallest absolute Gasteiger partial charge is 0.335 e. The molecule has 0 spiro atoms. The number of nitrogens with zero attached hydrogens (tertiary/aromatic N) is 1. The molecule has 11 nitrogen and oxygen atoms in total. The molecule has 36 heavy (non-hydrogen) atoms. The third kappa shape index (κ3) is 3.71. The second-order valence-electron chi connectivity index (χ2n) is 8.43. The molecule has 3 aliphatic rings. The molecule has 5 rings (SSSR count). The van der Waals surface area contributed by atoms with Crippen LogP contribution in [0.4, 0.5) is 15.9 Å². The van der Waals surface area contributed by atoms with Crippen molar-refractivity contribution >= 4 is 28.2 Å². The molecule has 5 atom stereocenters. The highest BCUT2D eigenvalue weighted by molar-refractivity contribution is 6.05. The largest absolute Gasteiger partial charge is 0.493 e. The van der Waals surface area contributed by atoms with Gasteiger partial charge in [-0.15, -0.1) is 0 Å². The first-order valence-electron chi connectivity index (χ1n) is 11.0. The lowest BCUT2D eigenvalue weighted by molar-refractivity contribution is -0.225. The Bertz CT molecular complexity index is 1390. The first-order valence-corrected chi connectivity index (χ1v) is 11.0. The molecule has 2 aromatic carbocycles. The Morgan fingerprint density at radius 2 is 1.72 bits per heavy atom. The minimum absolute atomic E-state index is 0.198. The van der Waals surface area contributed by atoms with E-state index >= 15 is 0 Å². The van der Waals surface area contributed by atoms with E-state index in [1.165, 1.54) is 43.4 Å². The summed E-state index contributed by atoms with van der Waals surface area (Å²) in [6, 6.07) is 10.8. The van der Waals surface area contributed by atoms with Crippen molar-refractivity contribution < 1.29 is 43.8 Å². The molecule has 0 radical (unpaired) electrons. The van der Waals surface area contributed by atoms with Crippen LogP contribution in [0.5, 0.6) is 11.5 Å². The van der Waals surface area contributed by atoms with Crippen LogP contribution in [-0.4, -0.2) is 81.5 Å². The number of aromatic nitrogens is 2. The van der Waals surface area contributed by atoms with Crippen LogP contribution in [0.2, 0.25) is 0 Å². The fourth-order valence-corrected chi connectivity index (χ4v) is 4.61. The number of carboxylic acid groups (broad SMARTS) is 1.